The average molecular weight is 360 g/mol. The first kappa shape index (κ1) is 16.6. The van der Waals surface area contributed by atoms with Gasteiger partial charge in [-0.05, 0) is 47.2 Å². The maximum Gasteiger partial charge on any atom is 0.0970 e. The van der Waals surface area contributed by atoms with E-state index in [1.807, 2.05) is 12.4 Å². The Labute approximate surface area is 164 Å². The van der Waals surface area contributed by atoms with Gasteiger partial charge in [0.05, 0.1) is 11.0 Å². The Balaban J connectivity index is 1.74. The summed E-state index contributed by atoms with van der Waals surface area (Å²) in [6.07, 6.45) is 27.3. The Bertz CT molecular complexity index is 1250. The lowest BCUT2D eigenvalue weighted by Gasteiger charge is -2.11. The SMILES string of the molecule is C1=CCC=CC(c2ccnc3c2ccc2c(C4=CCC=CC=C4)ccnc23)=C1. The fourth-order valence-electron chi connectivity index (χ4n) is 3.87. The quantitative estimate of drug-likeness (QED) is 0.482. The predicted molar refractivity (Wildman–Crippen MR) is 119 cm³/mol. The number of fused-ring (bicyclic) bond motifs is 3. The van der Waals surface area contributed by atoms with Crippen molar-refractivity contribution in [2.75, 3.05) is 0 Å². The number of aromatic nitrogens is 2. The first-order valence-electron chi connectivity index (χ1n) is 9.66. The van der Waals surface area contributed by atoms with E-state index in [0.29, 0.717) is 0 Å². The molecule has 0 saturated carbocycles. The van der Waals surface area contributed by atoms with Gasteiger partial charge in [0.15, 0.2) is 0 Å². The van der Waals surface area contributed by atoms with E-state index in [-0.39, 0.29) is 0 Å². The first-order chi connectivity index (χ1) is 13.9. The van der Waals surface area contributed by atoms with Crippen molar-refractivity contribution in [3.8, 4) is 0 Å². The summed E-state index contributed by atoms with van der Waals surface area (Å²) in [5, 5.41) is 2.28. The van der Waals surface area contributed by atoms with Gasteiger partial charge in [0.25, 0.3) is 0 Å². The number of rotatable bonds is 2. The van der Waals surface area contributed by atoms with Crippen molar-refractivity contribution in [2.45, 2.75) is 12.8 Å². The second-order valence-electron chi connectivity index (χ2n) is 6.95. The van der Waals surface area contributed by atoms with Crippen molar-refractivity contribution in [3.63, 3.8) is 0 Å². The molecule has 0 fully saturated rings. The van der Waals surface area contributed by atoms with E-state index in [1.165, 1.54) is 22.3 Å². The molecular formula is C26H20N2. The average Bonchev–Trinajstić information content (AvgIpc) is 3.18. The van der Waals surface area contributed by atoms with Gasteiger partial charge in [0.2, 0.25) is 0 Å². The van der Waals surface area contributed by atoms with Gasteiger partial charge >= 0.3 is 0 Å². The van der Waals surface area contributed by atoms with Crippen LogP contribution < -0.4 is 0 Å². The van der Waals surface area contributed by atoms with Gasteiger partial charge in [0, 0.05) is 23.2 Å². The van der Waals surface area contributed by atoms with E-state index < -0.39 is 0 Å². The molecule has 2 nitrogen and oxygen atoms in total. The van der Waals surface area contributed by atoms with Crippen LogP contribution in [0.3, 0.4) is 0 Å². The third kappa shape index (κ3) is 2.93. The summed E-state index contributed by atoms with van der Waals surface area (Å²) >= 11 is 0. The Morgan fingerprint density at radius 1 is 0.607 bits per heavy atom. The molecule has 0 unspecified atom stereocenters. The monoisotopic (exact) mass is 360 g/mol. The lowest BCUT2D eigenvalue weighted by Crippen LogP contribution is -1.93. The summed E-state index contributed by atoms with van der Waals surface area (Å²) < 4.78 is 0. The topological polar surface area (TPSA) is 25.8 Å². The molecule has 0 saturated heterocycles. The zero-order valence-corrected chi connectivity index (χ0v) is 15.5. The van der Waals surface area contributed by atoms with Gasteiger partial charge in [-0.3, -0.25) is 9.97 Å². The highest BCUT2D eigenvalue weighted by molar-refractivity contribution is 6.10. The van der Waals surface area contributed by atoms with E-state index in [1.54, 1.807) is 0 Å². The maximum absolute atomic E-state index is 4.71. The molecule has 0 aliphatic heterocycles. The number of hydrogen-bond donors (Lipinski definition) is 0. The van der Waals surface area contributed by atoms with Crippen molar-refractivity contribution < 1.29 is 0 Å². The summed E-state index contributed by atoms with van der Waals surface area (Å²) in [7, 11) is 0. The van der Waals surface area contributed by atoms with Gasteiger partial charge in [0.1, 0.15) is 0 Å². The molecule has 0 N–H and O–H groups in total. The van der Waals surface area contributed by atoms with Crippen LogP contribution in [0, 0.1) is 0 Å². The minimum absolute atomic E-state index is 0.941. The minimum Gasteiger partial charge on any atom is -0.254 e. The molecule has 0 radical (unpaired) electrons. The van der Waals surface area contributed by atoms with Crippen LogP contribution in [-0.4, -0.2) is 9.97 Å². The number of pyridine rings is 2. The lowest BCUT2D eigenvalue weighted by molar-refractivity contribution is 1.36. The van der Waals surface area contributed by atoms with Gasteiger partial charge in [-0.15, -0.1) is 0 Å². The first-order valence-corrected chi connectivity index (χ1v) is 9.66. The fourth-order valence-corrected chi connectivity index (χ4v) is 3.87. The van der Waals surface area contributed by atoms with Crippen LogP contribution in [0.2, 0.25) is 0 Å². The summed E-state index contributed by atoms with van der Waals surface area (Å²) in [4.78, 5) is 9.42. The second kappa shape index (κ2) is 7.24. The number of benzene rings is 1. The lowest BCUT2D eigenvalue weighted by atomic mass is 9.96. The standard InChI is InChI=1S/C26H20N2/c1-2-6-10-19(9-5-1)21-15-17-27-25-23(21)13-14-24-22(16-18-28-26(24)25)20-11-7-3-4-8-12-20/h1-3,5,7-18H,4,6H2. The number of hydrogen-bond acceptors (Lipinski definition) is 2. The van der Waals surface area contributed by atoms with Crippen molar-refractivity contribution in [1.82, 2.24) is 9.97 Å². The predicted octanol–water partition coefficient (Wildman–Crippen LogP) is 6.58. The summed E-state index contributed by atoms with van der Waals surface area (Å²) in [5.41, 5.74) is 6.74. The second-order valence-corrected chi connectivity index (χ2v) is 6.95. The van der Waals surface area contributed by atoms with E-state index in [4.69, 9.17) is 9.97 Å². The molecular weight excluding hydrogens is 340 g/mol. The highest BCUT2D eigenvalue weighted by Gasteiger charge is 2.12. The molecule has 2 aliphatic carbocycles. The molecule has 0 amide bonds. The molecule has 5 rings (SSSR count). The van der Waals surface area contributed by atoms with Crippen LogP contribution in [0.15, 0.2) is 97.4 Å². The molecule has 0 spiro atoms. The van der Waals surface area contributed by atoms with Crippen LogP contribution in [-0.2, 0) is 0 Å². The summed E-state index contributed by atoms with van der Waals surface area (Å²) in [5.74, 6) is 0. The normalized spacial score (nSPS) is 16.1. The minimum atomic E-state index is 0.941. The summed E-state index contributed by atoms with van der Waals surface area (Å²) in [6.45, 7) is 0. The zero-order valence-electron chi connectivity index (χ0n) is 15.5. The highest BCUT2D eigenvalue weighted by atomic mass is 14.7. The van der Waals surface area contributed by atoms with Crippen molar-refractivity contribution in [1.29, 1.82) is 0 Å². The smallest absolute Gasteiger partial charge is 0.0970 e. The molecule has 1 aromatic carbocycles. The largest absolute Gasteiger partial charge is 0.254 e. The van der Waals surface area contributed by atoms with E-state index in [9.17, 15) is 0 Å². The number of allylic oxidation sites excluding steroid dienone is 12. The zero-order chi connectivity index (χ0) is 18.8. The molecule has 0 atom stereocenters. The molecule has 0 bridgehead atoms. The van der Waals surface area contributed by atoms with Crippen LogP contribution in [0.25, 0.3) is 33.0 Å². The third-order valence-electron chi connectivity index (χ3n) is 5.22. The molecule has 2 aliphatic rings. The molecule has 2 heterocycles. The Kier molecular flexibility index (Phi) is 4.30. The van der Waals surface area contributed by atoms with Gasteiger partial charge in [-0.2, -0.15) is 0 Å². The van der Waals surface area contributed by atoms with Crippen LogP contribution >= 0.6 is 0 Å². The molecule has 2 aromatic heterocycles. The molecule has 3 aromatic rings. The highest BCUT2D eigenvalue weighted by Crippen LogP contribution is 2.33. The van der Waals surface area contributed by atoms with Gasteiger partial charge in [-0.25, -0.2) is 0 Å². The molecule has 28 heavy (non-hydrogen) atoms. The van der Waals surface area contributed by atoms with Crippen LogP contribution in [0.1, 0.15) is 24.0 Å². The summed E-state index contributed by atoms with van der Waals surface area (Å²) in [6, 6.07) is 8.57. The van der Waals surface area contributed by atoms with E-state index in [0.717, 1.165) is 34.6 Å². The number of nitrogens with zero attached hydrogens (tertiary/aromatic N) is 2. The van der Waals surface area contributed by atoms with Crippen molar-refractivity contribution in [3.05, 3.63) is 109 Å². The Hall–Kier alpha value is -3.52. The van der Waals surface area contributed by atoms with E-state index >= 15 is 0 Å². The van der Waals surface area contributed by atoms with Gasteiger partial charge < -0.3 is 0 Å². The maximum atomic E-state index is 4.71. The van der Waals surface area contributed by atoms with E-state index in [2.05, 4.69) is 85.0 Å². The fraction of sp³-hybridized carbons (Fsp3) is 0.0769. The molecule has 2 heteroatoms. The van der Waals surface area contributed by atoms with Crippen LogP contribution in [0.4, 0.5) is 0 Å². The third-order valence-corrected chi connectivity index (χ3v) is 5.22. The molecule has 134 valence electrons. The Morgan fingerprint density at radius 3 is 2.11 bits per heavy atom. The Morgan fingerprint density at radius 2 is 1.32 bits per heavy atom. The van der Waals surface area contributed by atoms with Gasteiger partial charge in [-0.1, -0.05) is 72.9 Å². The van der Waals surface area contributed by atoms with Crippen LogP contribution in [0.5, 0.6) is 0 Å². The van der Waals surface area contributed by atoms with Crippen molar-refractivity contribution in [2.24, 2.45) is 0 Å². The van der Waals surface area contributed by atoms with Crippen molar-refractivity contribution >= 4 is 33.0 Å².